The fourth-order valence-electron chi connectivity index (χ4n) is 2.89. The van der Waals surface area contributed by atoms with Crippen molar-refractivity contribution in [1.82, 2.24) is 4.98 Å². The molecule has 0 saturated heterocycles. The fraction of sp³-hybridized carbons (Fsp3) is 0.200. The lowest BCUT2D eigenvalue weighted by Gasteiger charge is -2.28. The summed E-state index contributed by atoms with van der Waals surface area (Å²) in [6.07, 6.45) is 0.0489. The van der Waals surface area contributed by atoms with Crippen LogP contribution in [0.25, 0.3) is 11.1 Å². The number of carboxylic acids is 1. The van der Waals surface area contributed by atoms with Crippen molar-refractivity contribution in [2.24, 2.45) is 0 Å². The molecule has 152 valence electrons. The number of nitrogens with zero attached hydrogens (tertiary/aromatic N) is 2. The Morgan fingerprint density at radius 2 is 2.00 bits per heavy atom. The van der Waals surface area contributed by atoms with Crippen LogP contribution in [0.3, 0.4) is 0 Å². The van der Waals surface area contributed by atoms with E-state index in [4.69, 9.17) is 16.3 Å². The van der Waals surface area contributed by atoms with Gasteiger partial charge in [0, 0.05) is 22.8 Å². The molecule has 5 nitrogen and oxygen atoms in total. The molecule has 0 spiro atoms. The van der Waals surface area contributed by atoms with Crippen molar-refractivity contribution in [2.75, 3.05) is 18.1 Å². The first-order valence-electron chi connectivity index (χ1n) is 8.49. The standard InChI is InChI=1S/C20H16ClF3N2O3/c1-12-16(19(27)28)3-2-8-26(12)15-9-17(13-4-6-14(21)7-5-13)18(25-10-15)29-11-20(22,23)24/h2-7,9-10H,8,11H2,1H3,(H,27,28). The van der Waals surface area contributed by atoms with Gasteiger partial charge in [0.15, 0.2) is 6.61 Å². The van der Waals surface area contributed by atoms with Crippen LogP contribution in [0.5, 0.6) is 5.88 Å². The van der Waals surface area contributed by atoms with E-state index in [0.29, 0.717) is 34.1 Å². The lowest BCUT2D eigenvalue weighted by molar-refractivity contribution is -0.154. The summed E-state index contributed by atoms with van der Waals surface area (Å²) in [6.45, 7) is 0.574. The van der Waals surface area contributed by atoms with Crippen LogP contribution in [0.15, 0.2) is 60.0 Å². The summed E-state index contributed by atoms with van der Waals surface area (Å²) >= 11 is 5.90. The van der Waals surface area contributed by atoms with Crippen LogP contribution in [0, 0.1) is 0 Å². The number of aromatic nitrogens is 1. The van der Waals surface area contributed by atoms with E-state index >= 15 is 0 Å². The molecule has 1 N–H and O–H groups in total. The highest BCUT2D eigenvalue weighted by Gasteiger charge is 2.29. The summed E-state index contributed by atoms with van der Waals surface area (Å²) in [5.74, 6) is -1.25. The van der Waals surface area contributed by atoms with Gasteiger partial charge in [0.25, 0.3) is 0 Å². The maximum atomic E-state index is 12.6. The molecule has 0 unspecified atom stereocenters. The molecule has 0 bridgehead atoms. The van der Waals surface area contributed by atoms with E-state index < -0.39 is 18.8 Å². The zero-order chi connectivity index (χ0) is 21.2. The third-order valence-electron chi connectivity index (χ3n) is 4.27. The molecule has 2 aromatic rings. The normalized spacial score (nSPS) is 14.3. The summed E-state index contributed by atoms with van der Waals surface area (Å²) in [6, 6.07) is 8.11. The Kier molecular flexibility index (Phi) is 5.83. The number of allylic oxidation sites excluding steroid dienone is 1. The molecule has 1 aliphatic heterocycles. The molecular formula is C20H16ClF3N2O3. The molecule has 29 heavy (non-hydrogen) atoms. The van der Waals surface area contributed by atoms with Crippen molar-refractivity contribution in [3.63, 3.8) is 0 Å². The highest BCUT2D eigenvalue weighted by atomic mass is 35.5. The SMILES string of the molecule is CC1=C(C(=O)O)C=CCN1c1cnc(OCC(F)(F)F)c(-c2ccc(Cl)cc2)c1. The predicted octanol–water partition coefficient (Wildman–Crippen LogP) is 5.08. The minimum absolute atomic E-state index is 0.127. The largest absolute Gasteiger partial charge is 0.478 e. The average Bonchev–Trinajstić information content (AvgIpc) is 2.66. The van der Waals surface area contributed by atoms with E-state index in [0.717, 1.165) is 0 Å². The first-order valence-corrected chi connectivity index (χ1v) is 8.87. The van der Waals surface area contributed by atoms with Gasteiger partial charge in [-0.15, -0.1) is 0 Å². The lowest BCUT2D eigenvalue weighted by atomic mass is 10.0. The van der Waals surface area contributed by atoms with Crippen molar-refractivity contribution in [2.45, 2.75) is 13.1 Å². The number of hydrogen-bond donors (Lipinski definition) is 1. The number of benzene rings is 1. The smallest absolute Gasteiger partial charge is 0.422 e. The van der Waals surface area contributed by atoms with E-state index in [1.165, 1.54) is 12.3 Å². The summed E-state index contributed by atoms with van der Waals surface area (Å²) in [5.41, 5.74) is 2.04. The predicted molar refractivity (Wildman–Crippen MR) is 103 cm³/mol. The van der Waals surface area contributed by atoms with Crippen LogP contribution in [0.2, 0.25) is 5.02 Å². The van der Waals surface area contributed by atoms with Crippen molar-refractivity contribution >= 4 is 23.3 Å². The van der Waals surface area contributed by atoms with Gasteiger partial charge in [0.2, 0.25) is 5.88 Å². The number of carbonyl (C=O) groups is 1. The number of pyridine rings is 1. The van der Waals surface area contributed by atoms with Crippen molar-refractivity contribution in [3.8, 4) is 17.0 Å². The number of halogens is 4. The maximum absolute atomic E-state index is 12.6. The molecule has 3 rings (SSSR count). The fourth-order valence-corrected chi connectivity index (χ4v) is 3.02. The van der Waals surface area contributed by atoms with Crippen LogP contribution in [-0.2, 0) is 4.79 Å². The van der Waals surface area contributed by atoms with E-state index in [2.05, 4.69) is 4.98 Å². The second-order valence-corrected chi connectivity index (χ2v) is 6.71. The highest BCUT2D eigenvalue weighted by Crippen LogP contribution is 2.35. The number of aliphatic carboxylic acids is 1. The first-order chi connectivity index (χ1) is 13.7. The van der Waals surface area contributed by atoms with Crippen molar-refractivity contribution in [1.29, 1.82) is 0 Å². The van der Waals surface area contributed by atoms with E-state index in [1.54, 1.807) is 48.2 Å². The maximum Gasteiger partial charge on any atom is 0.422 e. The van der Waals surface area contributed by atoms with E-state index in [-0.39, 0.29) is 11.5 Å². The topological polar surface area (TPSA) is 62.7 Å². The molecule has 0 saturated carbocycles. The van der Waals surface area contributed by atoms with Gasteiger partial charge in [0.05, 0.1) is 17.5 Å². The highest BCUT2D eigenvalue weighted by molar-refractivity contribution is 6.30. The number of hydrogen-bond acceptors (Lipinski definition) is 4. The van der Waals surface area contributed by atoms with E-state index in [9.17, 15) is 23.1 Å². The van der Waals surface area contributed by atoms with Crippen molar-refractivity contribution in [3.05, 3.63) is 65.0 Å². The summed E-state index contributed by atoms with van der Waals surface area (Å²) in [5, 5.41) is 9.81. The Morgan fingerprint density at radius 1 is 1.31 bits per heavy atom. The Balaban J connectivity index is 2.05. The lowest BCUT2D eigenvalue weighted by Crippen LogP contribution is -2.27. The summed E-state index contributed by atoms with van der Waals surface area (Å²) in [4.78, 5) is 17.2. The Hall–Kier alpha value is -3.00. The van der Waals surface area contributed by atoms with Gasteiger partial charge in [-0.1, -0.05) is 29.8 Å². The molecule has 0 amide bonds. The molecule has 0 radical (unpaired) electrons. The number of carboxylic acid groups (broad SMARTS) is 1. The third-order valence-corrected chi connectivity index (χ3v) is 4.53. The number of anilines is 1. The zero-order valence-electron chi connectivity index (χ0n) is 15.2. The van der Waals surface area contributed by atoms with Gasteiger partial charge in [-0.25, -0.2) is 9.78 Å². The van der Waals surface area contributed by atoms with Gasteiger partial charge >= 0.3 is 12.1 Å². The van der Waals surface area contributed by atoms with Gasteiger partial charge in [0.1, 0.15) is 0 Å². The first kappa shape index (κ1) is 20.7. The van der Waals surface area contributed by atoms with Gasteiger partial charge in [-0.05, 0) is 36.8 Å². The third kappa shape index (κ3) is 4.89. The Labute approximate surface area is 169 Å². The van der Waals surface area contributed by atoms with E-state index in [1.807, 2.05) is 0 Å². The van der Waals surface area contributed by atoms with Gasteiger partial charge in [-0.2, -0.15) is 13.2 Å². The number of rotatable bonds is 5. The number of alkyl halides is 3. The van der Waals surface area contributed by atoms with Crippen LogP contribution in [0.4, 0.5) is 18.9 Å². The molecule has 9 heteroatoms. The Morgan fingerprint density at radius 3 is 2.62 bits per heavy atom. The van der Waals surface area contributed by atoms with Crippen molar-refractivity contribution < 1.29 is 27.8 Å². The molecule has 1 aromatic heterocycles. The Bertz CT molecular complexity index is 985. The molecule has 0 atom stereocenters. The summed E-state index contributed by atoms with van der Waals surface area (Å²) in [7, 11) is 0. The quantitative estimate of drug-likeness (QED) is 0.725. The summed E-state index contributed by atoms with van der Waals surface area (Å²) < 4.78 is 42.8. The second kappa shape index (κ2) is 8.16. The molecule has 0 fully saturated rings. The second-order valence-electron chi connectivity index (χ2n) is 6.27. The van der Waals surface area contributed by atoms with Gasteiger partial charge < -0.3 is 14.7 Å². The van der Waals surface area contributed by atoms with Gasteiger partial charge in [-0.3, -0.25) is 0 Å². The van der Waals surface area contributed by atoms with Crippen LogP contribution in [0.1, 0.15) is 6.92 Å². The minimum Gasteiger partial charge on any atom is -0.478 e. The number of ether oxygens (including phenoxy) is 1. The molecular weight excluding hydrogens is 409 g/mol. The van der Waals surface area contributed by atoms with Crippen LogP contribution in [-0.4, -0.2) is 35.4 Å². The van der Waals surface area contributed by atoms with Crippen LogP contribution >= 0.6 is 11.6 Å². The monoisotopic (exact) mass is 424 g/mol. The molecule has 1 aromatic carbocycles. The minimum atomic E-state index is -4.51. The van der Waals surface area contributed by atoms with Crippen LogP contribution < -0.4 is 9.64 Å². The zero-order valence-corrected chi connectivity index (χ0v) is 16.0. The molecule has 1 aliphatic rings. The average molecular weight is 425 g/mol. The molecule has 2 heterocycles. The molecule has 0 aliphatic carbocycles.